The van der Waals surface area contributed by atoms with Crippen molar-refractivity contribution in [1.82, 2.24) is 9.47 Å². The maximum atomic E-state index is 12.1. The fourth-order valence-electron chi connectivity index (χ4n) is 1.64. The summed E-state index contributed by atoms with van der Waals surface area (Å²) >= 11 is 0. The van der Waals surface area contributed by atoms with Crippen LogP contribution >= 0.6 is 0 Å². The Morgan fingerprint density at radius 3 is 2.67 bits per heavy atom. The summed E-state index contributed by atoms with van der Waals surface area (Å²) in [5.41, 5.74) is 0.420. The Balaban J connectivity index is 2.71. The minimum absolute atomic E-state index is 0.137. The van der Waals surface area contributed by atoms with E-state index in [1.807, 2.05) is 0 Å². The van der Waals surface area contributed by atoms with E-state index in [1.54, 1.807) is 30.3 Å². The van der Waals surface area contributed by atoms with E-state index in [0.717, 1.165) is 6.42 Å². The summed E-state index contributed by atoms with van der Waals surface area (Å²) in [6.07, 6.45) is 2.54. The predicted octanol–water partition coefficient (Wildman–Crippen LogP) is 1.69. The highest BCUT2D eigenvalue weighted by molar-refractivity contribution is 5.93. The number of aromatic nitrogens is 1. The van der Waals surface area contributed by atoms with E-state index in [1.165, 1.54) is 4.57 Å². The van der Waals surface area contributed by atoms with Gasteiger partial charge in [-0.25, -0.2) is 0 Å². The Hall–Kier alpha value is -1.78. The molecule has 18 heavy (non-hydrogen) atoms. The van der Waals surface area contributed by atoms with Gasteiger partial charge in [0.25, 0.3) is 5.91 Å². The highest BCUT2D eigenvalue weighted by Crippen LogP contribution is 2.08. The Kier molecular flexibility index (Phi) is 4.95. The summed E-state index contributed by atoms with van der Waals surface area (Å²) in [5.74, 6) is -0.557. The zero-order chi connectivity index (χ0) is 13.7. The molecule has 5 heteroatoms. The molecule has 1 rings (SSSR count). The van der Waals surface area contributed by atoms with Crippen molar-refractivity contribution in [2.45, 2.75) is 26.8 Å². The number of carbonyl (C=O) groups excluding carboxylic acids is 1. The fraction of sp³-hybridized carbons (Fsp3) is 0.538. The van der Waals surface area contributed by atoms with Crippen molar-refractivity contribution in [1.29, 1.82) is 0 Å². The van der Waals surface area contributed by atoms with Gasteiger partial charge in [-0.15, -0.1) is 0 Å². The van der Waals surface area contributed by atoms with Crippen LogP contribution in [-0.4, -0.2) is 40.0 Å². The summed E-state index contributed by atoms with van der Waals surface area (Å²) in [6.45, 7) is 4.69. The second-order valence-corrected chi connectivity index (χ2v) is 4.82. The maximum absolute atomic E-state index is 12.1. The lowest BCUT2D eigenvalue weighted by Gasteiger charge is -2.19. The maximum Gasteiger partial charge on any atom is 0.323 e. The molecule has 0 unspecified atom stereocenters. The lowest BCUT2D eigenvalue weighted by atomic mass is 10.1. The summed E-state index contributed by atoms with van der Waals surface area (Å²) in [5, 5.41) is 8.76. The van der Waals surface area contributed by atoms with Crippen LogP contribution in [0.5, 0.6) is 0 Å². The standard InChI is InChI=1S/C13H20N2O3/c1-10(2)6-8-14(3)13(18)11-5-4-7-15(11)9-12(16)17/h4-5,7,10H,6,8-9H2,1-3H3,(H,16,17). The van der Waals surface area contributed by atoms with Crippen molar-refractivity contribution in [3.63, 3.8) is 0 Å². The predicted molar refractivity (Wildman–Crippen MR) is 68.5 cm³/mol. The average molecular weight is 252 g/mol. The van der Waals surface area contributed by atoms with Crippen LogP contribution in [0, 0.1) is 5.92 Å². The first-order valence-electron chi connectivity index (χ1n) is 6.04. The van der Waals surface area contributed by atoms with E-state index in [2.05, 4.69) is 13.8 Å². The minimum atomic E-state index is -0.954. The topological polar surface area (TPSA) is 62.5 Å². The van der Waals surface area contributed by atoms with Crippen molar-refractivity contribution >= 4 is 11.9 Å². The first kappa shape index (κ1) is 14.3. The number of hydrogen-bond donors (Lipinski definition) is 1. The number of carboxylic acid groups (broad SMARTS) is 1. The Labute approximate surface area is 107 Å². The van der Waals surface area contributed by atoms with Gasteiger partial charge in [-0.3, -0.25) is 9.59 Å². The molecule has 0 bridgehead atoms. The molecule has 1 heterocycles. The van der Waals surface area contributed by atoms with Gasteiger partial charge in [-0.2, -0.15) is 0 Å². The number of hydrogen-bond acceptors (Lipinski definition) is 2. The zero-order valence-corrected chi connectivity index (χ0v) is 11.1. The fourth-order valence-corrected chi connectivity index (χ4v) is 1.64. The molecule has 0 radical (unpaired) electrons. The van der Waals surface area contributed by atoms with E-state index in [9.17, 15) is 9.59 Å². The van der Waals surface area contributed by atoms with Crippen LogP contribution in [0.25, 0.3) is 0 Å². The van der Waals surface area contributed by atoms with E-state index < -0.39 is 5.97 Å². The van der Waals surface area contributed by atoms with Gasteiger partial charge in [0, 0.05) is 19.8 Å². The smallest absolute Gasteiger partial charge is 0.323 e. The number of rotatable bonds is 6. The normalized spacial score (nSPS) is 10.7. The van der Waals surface area contributed by atoms with Gasteiger partial charge >= 0.3 is 5.97 Å². The number of nitrogens with zero attached hydrogens (tertiary/aromatic N) is 2. The second kappa shape index (κ2) is 6.23. The van der Waals surface area contributed by atoms with Gasteiger partial charge in [0.05, 0.1) is 0 Å². The molecular weight excluding hydrogens is 232 g/mol. The molecule has 1 N–H and O–H groups in total. The molecule has 0 saturated carbocycles. The molecule has 0 aliphatic heterocycles. The third-order valence-corrected chi connectivity index (χ3v) is 2.74. The Morgan fingerprint density at radius 1 is 1.44 bits per heavy atom. The minimum Gasteiger partial charge on any atom is -0.480 e. The highest BCUT2D eigenvalue weighted by Gasteiger charge is 2.16. The summed E-state index contributed by atoms with van der Waals surface area (Å²) < 4.78 is 1.45. The molecule has 1 aromatic heterocycles. The quantitative estimate of drug-likeness (QED) is 0.838. The number of carbonyl (C=O) groups is 2. The molecule has 0 aliphatic rings. The lowest BCUT2D eigenvalue weighted by Crippen LogP contribution is -2.30. The van der Waals surface area contributed by atoms with Crippen LogP contribution < -0.4 is 0 Å². The average Bonchev–Trinajstić information content (AvgIpc) is 2.71. The molecule has 0 fully saturated rings. The molecule has 0 spiro atoms. The zero-order valence-electron chi connectivity index (χ0n) is 11.1. The van der Waals surface area contributed by atoms with E-state index in [0.29, 0.717) is 18.2 Å². The molecule has 100 valence electrons. The molecular formula is C13H20N2O3. The van der Waals surface area contributed by atoms with Gasteiger partial charge < -0.3 is 14.6 Å². The molecule has 1 amide bonds. The van der Waals surface area contributed by atoms with Crippen LogP contribution in [0.2, 0.25) is 0 Å². The first-order valence-corrected chi connectivity index (χ1v) is 6.04. The van der Waals surface area contributed by atoms with Gasteiger partial charge in [-0.1, -0.05) is 13.8 Å². The molecule has 0 aromatic carbocycles. The Bertz CT molecular complexity index is 424. The van der Waals surface area contributed by atoms with Crippen molar-refractivity contribution in [2.24, 2.45) is 5.92 Å². The van der Waals surface area contributed by atoms with Gasteiger partial charge in [0.1, 0.15) is 12.2 Å². The van der Waals surface area contributed by atoms with Crippen molar-refractivity contribution in [3.05, 3.63) is 24.0 Å². The number of carboxylic acids is 1. The van der Waals surface area contributed by atoms with E-state index in [-0.39, 0.29) is 12.5 Å². The van der Waals surface area contributed by atoms with E-state index >= 15 is 0 Å². The number of aliphatic carboxylic acids is 1. The van der Waals surface area contributed by atoms with Crippen LogP contribution in [0.4, 0.5) is 0 Å². The van der Waals surface area contributed by atoms with Crippen LogP contribution in [0.1, 0.15) is 30.8 Å². The van der Waals surface area contributed by atoms with Crippen LogP contribution in [0.3, 0.4) is 0 Å². The second-order valence-electron chi connectivity index (χ2n) is 4.82. The monoisotopic (exact) mass is 252 g/mol. The number of amides is 1. The van der Waals surface area contributed by atoms with E-state index in [4.69, 9.17) is 5.11 Å². The molecule has 1 aromatic rings. The van der Waals surface area contributed by atoms with Crippen molar-refractivity contribution < 1.29 is 14.7 Å². The molecule has 5 nitrogen and oxygen atoms in total. The van der Waals surface area contributed by atoms with Gasteiger partial charge in [-0.05, 0) is 24.5 Å². The third kappa shape index (κ3) is 3.91. The van der Waals surface area contributed by atoms with Gasteiger partial charge in [0.2, 0.25) is 0 Å². The molecule has 0 atom stereocenters. The Morgan fingerprint density at radius 2 is 2.11 bits per heavy atom. The SMILES string of the molecule is CC(C)CCN(C)C(=O)c1cccn1CC(=O)O. The first-order chi connectivity index (χ1) is 8.41. The van der Waals surface area contributed by atoms with Gasteiger partial charge in [0.15, 0.2) is 0 Å². The largest absolute Gasteiger partial charge is 0.480 e. The third-order valence-electron chi connectivity index (χ3n) is 2.74. The van der Waals surface area contributed by atoms with Crippen LogP contribution in [0.15, 0.2) is 18.3 Å². The molecule has 0 aliphatic carbocycles. The summed E-state index contributed by atoms with van der Waals surface area (Å²) in [6, 6.07) is 3.34. The lowest BCUT2D eigenvalue weighted by molar-refractivity contribution is -0.137. The molecule has 0 saturated heterocycles. The summed E-state index contributed by atoms with van der Waals surface area (Å²) in [4.78, 5) is 24.4. The summed E-state index contributed by atoms with van der Waals surface area (Å²) in [7, 11) is 1.74. The van der Waals surface area contributed by atoms with Crippen LogP contribution in [-0.2, 0) is 11.3 Å². The highest BCUT2D eigenvalue weighted by atomic mass is 16.4. The van der Waals surface area contributed by atoms with Crippen molar-refractivity contribution in [3.8, 4) is 0 Å². The van der Waals surface area contributed by atoms with Crippen molar-refractivity contribution in [2.75, 3.05) is 13.6 Å².